The number of carbonyl (C=O) groups excluding carboxylic acids is 3. The lowest BCUT2D eigenvalue weighted by molar-refractivity contribution is -0.0980. The lowest BCUT2D eigenvalue weighted by Gasteiger charge is -2.22. The zero-order chi connectivity index (χ0) is 14.6. The van der Waals surface area contributed by atoms with Crippen molar-refractivity contribution in [2.45, 2.75) is 12.3 Å². The molecule has 0 aliphatic carbocycles. The molecule has 104 valence electrons. The van der Waals surface area contributed by atoms with Gasteiger partial charge in [0.05, 0.1) is 0 Å². The van der Waals surface area contributed by atoms with Crippen molar-refractivity contribution in [3.63, 3.8) is 0 Å². The molecule has 2 aliphatic rings. The molecule has 18 heavy (non-hydrogen) atoms. The Labute approximate surface area is 106 Å². The molecule has 4 amide bonds. The van der Waals surface area contributed by atoms with E-state index in [1.165, 1.54) is 0 Å². The Bertz CT molecular complexity index is 271. The van der Waals surface area contributed by atoms with E-state index in [0.29, 0.717) is 0 Å². The number of fused-ring (bicyclic) bond motifs is 1. The van der Waals surface area contributed by atoms with Gasteiger partial charge >= 0.3 is 12.1 Å². The van der Waals surface area contributed by atoms with E-state index >= 15 is 0 Å². The minimum Gasteiger partial charge on any atom is -0.400 e. The number of amides is 4. The number of aliphatic hydroxyl groups is 1. The third kappa shape index (κ3) is 2.10. The van der Waals surface area contributed by atoms with Gasteiger partial charge in [-0.05, 0) is 0 Å². The zero-order valence-electron chi connectivity index (χ0n) is 11.3. The van der Waals surface area contributed by atoms with Crippen LogP contribution >= 0.6 is 0 Å². The highest BCUT2D eigenvalue weighted by molar-refractivity contribution is 5.84. The Morgan fingerprint density at radius 1 is 0.778 bits per heavy atom. The molecule has 0 aromatic rings. The van der Waals surface area contributed by atoms with Crippen LogP contribution in [0.3, 0.4) is 0 Å². The first-order valence-corrected chi connectivity index (χ1v) is 5.19. The molecule has 1 N–H and O–H groups in total. The standard InChI is InChI=1S/C8H14N4O2.CH4O.CH2O/c1-9-5-6(11(3)7(9)13)12(4)8(14)10(5)2;2*1-2/h5-6H,1-4H3;2H,1H3;1H2. The van der Waals surface area contributed by atoms with E-state index in [4.69, 9.17) is 9.90 Å². The van der Waals surface area contributed by atoms with E-state index in [9.17, 15) is 9.59 Å². The third-order valence-corrected chi connectivity index (χ3v) is 3.06. The molecule has 0 spiro atoms. The Morgan fingerprint density at radius 2 is 0.944 bits per heavy atom. The van der Waals surface area contributed by atoms with Crippen molar-refractivity contribution in [1.82, 2.24) is 19.6 Å². The zero-order valence-corrected chi connectivity index (χ0v) is 11.3. The minimum absolute atomic E-state index is 0.0498. The molecule has 2 aliphatic heterocycles. The molecule has 2 rings (SSSR count). The summed E-state index contributed by atoms with van der Waals surface area (Å²) in [6.45, 7) is 2.00. The van der Waals surface area contributed by atoms with E-state index in [-0.39, 0.29) is 24.4 Å². The fraction of sp³-hybridized carbons (Fsp3) is 0.700. The van der Waals surface area contributed by atoms with Crippen LogP contribution in [-0.2, 0) is 4.79 Å². The summed E-state index contributed by atoms with van der Waals surface area (Å²) in [7, 11) is 7.86. The predicted octanol–water partition coefficient (Wildman–Crippen LogP) is -0.943. The first-order chi connectivity index (χ1) is 8.46. The lowest BCUT2D eigenvalue weighted by atomic mass is 10.4. The van der Waals surface area contributed by atoms with Gasteiger partial charge in [0.15, 0.2) is 0 Å². The molecule has 8 nitrogen and oxygen atoms in total. The van der Waals surface area contributed by atoms with E-state index in [0.717, 1.165) is 7.11 Å². The summed E-state index contributed by atoms with van der Waals surface area (Å²) in [6, 6.07) is -0.0996. The van der Waals surface area contributed by atoms with Crippen molar-refractivity contribution in [3.05, 3.63) is 0 Å². The summed E-state index contributed by atoms with van der Waals surface area (Å²) in [5, 5.41) is 7.00. The molecule has 2 heterocycles. The van der Waals surface area contributed by atoms with Gasteiger partial charge in [-0.25, -0.2) is 9.59 Å². The number of hydrogen-bond donors (Lipinski definition) is 1. The number of rotatable bonds is 0. The van der Waals surface area contributed by atoms with Gasteiger partial charge in [0.1, 0.15) is 19.1 Å². The molecule has 0 saturated carbocycles. The first-order valence-electron chi connectivity index (χ1n) is 5.19. The Balaban J connectivity index is 0.000000659. The van der Waals surface area contributed by atoms with Gasteiger partial charge in [-0.3, -0.25) is 0 Å². The maximum absolute atomic E-state index is 11.6. The quantitative estimate of drug-likeness (QED) is 0.609. The normalized spacial score (nSPS) is 25.4. The van der Waals surface area contributed by atoms with Gasteiger partial charge in [0.2, 0.25) is 0 Å². The molecule has 0 atom stereocenters. The van der Waals surface area contributed by atoms with Gasteiger partial charge in [-0.15, -0.1) is 0 Å². The molecule has 2 fully saturated rings. The van der Waals surface area contributed by atoms with Crippen molar-refractivity contribution >= 4 is 18.9 Å². The molecule has 0 unspecified atom stereocenters. The first kappa shape index (κ1) is 16.2. The molecule has 0 radical (unpaired) electrons. The van der Waals surface area contributed by atoms with Crippen molar-refractivity contribution in [2.24, 2.45) is 0 Å². The van der Waals surface area contributed by atoms with Gasteiger partial charge < -0.3 is 29.5 Å². The maximum Gasteiger partial charge on any atom is 0.323 e. The topological polar surface area (TPSA) is 84.4 Å². The minimum atomic E-state index is -0.162. The van der Waals surface area contributed by atoms with Crippen LogP contribution in [0.2, 0.25) is 0 Å². The molecular weight excluding hydrogens is 240 g/mol. The van der Waals surface area contributed by atoms with Gasteiger partial charge in [0.25, 0.3) is 0 Å². The average molecular weight is 260 g/mol. The van der Waals surface area contributed by atoms with Crippen LogP contribution in [0.1, 0.15) is 0 Å². The number of aliphatic hydroxyl groups excluding tert-OH is 1. The molecule has 8 heteroatoms. The fourth-order valence-electron chi connectivity index (χ4n) is 2.27. The fourth-order valence-corrected chi connectivity index (χ4v) is 2.27. The van der Waals surface area contributed by atoms with E-state index in [2.05, 4.69) is 0 Å². The summed E-state index contributed by atoms with van der Waals surface area (Å²) in [5.74, 6) is 0. The number of likely N-dealkylation sites (N-methyl/N-ethyl adjacent to an activating group) is 4. The third-order valence-electron chi connectivity index (χ3n) is 3.06. The Hall–Kier alpha value is -1.83. The number of carbonyl (C=O) groups is 3. The highest BCUT2D eigenvalue weighted by Crippen LogP contribution is 2.30. The Kier molecular flexibility index (Phi) is 5.57. The molecular formula is C10H20N4O4. The second kappa shape index (κ2) is 6.20. The summed E-state index contributed by atoms with van der Waals surface area (Å²) in [5.41, 5.74) is 0. The van der Waals surface area contributed by atoms with Crippen molar-refractivity contribution in [2.75, 3.05) is 35.3 Å². The summed E-state index contributed by atoms with van der Waals surface area (Å²) in [6.07, 6.45) is -0.324. The van der Waals surface area contributed by atoms with Crippen LogP contribution < -0.4 is 0 Å². The van der Waals surface area contributed by atoms with Gasteiger partial charge in [-0.2, -0.15) is 0 Å². The van der Waals surface area contributed by atoms with Crippen LogP contribution in [0.5, 0.6) is 0 Å². The van der Waals surface area contributed by atoms with Crippen LogP contribution in [-0.4, -0.2) is 91.2 Å². The largest absolute Gasteiger partial charge is 0.400 e. The smallest absolute Gasteiger partial charge is 0.323 e. The van der Waals surface area contributed by atoms with E-state index < -0.39 is 0 Å². The highest BCUT2D eigenvalue weighted by atomic mass is 16.2. The predicted molar refractivity (Wildman–Crippen MR) is 64.7 cm³/mol. The molecule has 0 aromatic carbocycles. The maximum atomic E-state index is 11.6. The van der Waals surface area contributed by atoms with Crippen molar-refractivity contribution in [3.8, 4) is 0 Å². The Morgan fingerprint density at radius 3 is 1.11 bits per heavy atom. The van der Waals surface area contributed by atoms with E-state index in [1.54, 1.807) is 47.8 Å². The van der Waals surface area contributed by atoms with Crippen molar-refractivity contribution in [1.29, 1.82) is 0 Å². The van der Waals surface area contributed by atoms with Crippen molar-refractivity contribution < 1.29 is 19.5 Å². The van der Waals surface area contributed by atoms with Crippen LogP contribution in [0.15, 0.2) is 0 Å². The monoisotopic (exact) mass is 260 g/mol. The SMILES string of the molecule is C=O.CN1C(=O)N(C)C2C1N(C)C(=O)N2C.CO. The number of urea groups is 2. The number of nitrogens with zero attached hydrogens (tertiary/aromatic N) is 4. The van der Waals surface area contributed by atoms with Crippen LogP contribution in [0.25, 0.3) is 0 Å². The van der Waals surface area contributed by atoms with Crippen LogP contribution in [0.4, 0.5) is 9.59 Å². The van der Waals surface area contributed by atoms with Gasteiger partial charge in [-0.1, -0.05) is 0 Å². The second-order valence-corrected chi connectivity index (χ2v) is 3.84. The highest BCUT2D eigenvalue weighted by Gasteiger charge is 2.54. The average Bonchev–Trinajstić information content (AvgIpc) is 2.77. The molecule has 0 aromatic heterocycles. The molecule has 2 saturated heterocycles. The molecule has 0 bridgehead atoms. The van der Waals surface area contributed by atoms with E-state index in [1.807, 2.05) is 6.79 Å². The summed E-state index contributed by atoms with van der Waals surface area (Å²) in [4.78, 5) is 37.6. The lowest BCUT2D eigenvalue weighted by Crippen LogP contribution is -2.42. The summed E-state index contributed by atoms with van der Waals surface area (Å²) >= 11 is 0. The number of hydrogen-bond acceptors (Lipinski definition) is 4. The van der Waals surface area contributed by atoms with Crippen LogP contribution in [0, 0.1) is 0 Å². The summed E-state index contributed by atoms with van der Waals surface area (Å²) < 4.78 is 0. The van der Waals surface area contributed by atoms with Gasteiger partial charge in [0, 0.05) is 35.3 Å². The second-order valence-electron chi connectivity index (χ2n) is 3.84.